The predicted molar refractivity (Wildman–Crippen MR) is 126 cm³/mol. The molecule has 1 aliphatic carbocycles. The van der Waals surface area contributed by atoms with Crippen molar-refractivity contribution in [2.45, 2.75) is 31.0 Å². The molecule has 0 spiro atoms. The first-order valence-corrected chi connectivity index (χ1v) is 12.4. The molecule has 0 fully saturated rings. The normalized spacial score (nSPS) is 21.7. The number of benzene rings is 2. The minimum absolute atomic E-state index is 0.00289. The van der Waals surface area contributed by atoms with Gasteiger partial charge in [0.05, 0.1) is 6.07 Å². The molecule has 184 valence electrons. The summed E-state index contributed by atoms with van der Waals surface area (Å²) >= 11 is 0. The van der Waals surface area contributed by atoms with Crippen molar-refractivity contribution in [1.29, 1.82) is 5.26 Å². The number of nitrogens with zero attached hydrogens (tertiary/aromatic N) is 1. The molecule has 0 saturated heterocycles. The van der Waals surface area contributed by atoms with Crippen LogP contribution in [0.15, 0.2) is 84.5 Å². The highest BCUT2D eigenvalue weighted by Crippen LogP contribution is 2.50. The summed E-state index contributed by atoms with van der Waals surface area (Å²) in [6, 6.07) is 17.9. The molecule has 6 nitrogen and oxygen atoms in total. The summed E-state index contributed by atoms with van der Waals surface area (Å²) in [7, 11) is -5.37. The van der Waals surface area contributed by atoms with E-state index in [-0.39, 0.29) is 17.7 Å². The zero-order chi connectivity index (χ0) is 25.9. The van der Waals surface area contributed by atoms with Gasteiger partial charge in [0.25, 0.3) is 9.84 Å². The molecule has 0 bridgehead atoms. The summed E-state index contributed by atoms with van der Waals surface area (Å²) in [5, 5.41) is 20.3. The van der Waals surface area contributed by atoms with Gasteiger partial charge < -0.3 is 9.84 Å². The molecule has 9 heteroatoms. The first kappa shape index (κ1) is 26.1. The van der Waals surface area contributed by atoms with E-state index >= 15 is 0 Å². The summed E-state index contributed by atoms with van der Waals surface area (Å²) in [5.41, 5.74) is -1.74. The molecule has 2 aromatic carbocycles. The summed E-state index contributed by atoms with van der Waals surface area (Å²) in [5.74, 6) is -7.59. The predicted octanol–water partition coefficient (Wildman–Crippen LogP) is 5.00. The molecule has 0 radical (unpaired) electrons. The van der Waals surface area contributed by atoms with Crippen molar-refractivity contribution in [1.82, 2.24) is 0 Å². The molecule has 0 amide bonds. The molecule has 3 unspecified atom stereocenters. The number of carbonyl (C=O) groups is 1. The summed E-state index contributed by atoms with van der Waals surface area (Å²) < 4.78 is 60.9. The zero-order valence-corrected chi connectivity index (χ0v) is 20.0. The molecule has 3 rings (SSSR count). The number of carboxylic acid groups (broad SMARTS) is 1. The number of hydrogen-bond acceptors (Lipinski definition) is 5. The van der Waals surface area contributed by atoms with E-state index in [4.69, 9.17) is 4.74 Å². The average molecular weight is 502 g/mol. The van der Waals surface area contributed by atoms with E-state index in [9.17, 15) is 32.4 Å². The van der Waals surface area contributed by atoms with E-state index in [2.05, 4.69) is 0 Å². The minimum Gasteiger partial charge on any atom is -0.480 e. The molecule has 35 heavy (non-hydrogen) atoms. The average Bonchev–Trinajstić information content (AvgIpc) is 2.82. The van der Waals surface area contributed by atoms with Gasteiger partial charge in [-0.15, -0.1) is 0 Å². The van der Waals surface area contributed by atoms with Crippen LogP contribution >= 0.6 is 0 Å². The maximum atomic E-state index is 14.2. The SMILES string of the molecule is CC(C)C(C#N)(C(=O)O)C1=CC=CC(Oc2ccccc2)(S(=O)(=O)C(F)F)C1Cc1ccccc1. The second-order valence-corrected chi connectivity index (χ2v) is 10.6. The van der Waals surface area contributed by atoms with Crippen molar-refractivity contribution < 1.29 is 31.8 Å². The standard InChI is InChI=1S/C26H25F2NO5S/c1-18(2)25(17-29,23(30)31)21-14-9-15-26(35(32,33)24(27)28,34-20-12-7-4-8-13-20)22(21)16-19-10-5-3-6-11-19/h3-15,18,22,24H,16H2,1-2H3,(H,30,31). The fourth-order valence-corrected chi connectivity index (χ4v) is 5.82. The number of carboxylic acids is 1. The lowest BCUT2D eigenvalue weighted by Gasteiger charge is -2.44. The largest absolute Gasteiger partial charge is 0.480 e. The third-order valence-electron chi connectivity index (χ3n) is 6.28. The Bertz CT molecular complexity index is 1270. The van der Waals surface area contributed by atoms with Crippen LogP contribution in [0.3, 0.4) is 0 Å². The van der Waals surface area contributed by atoms with E-state index in [1.54, 1.807) is 48.5 Å². The Morgan fingerprint density at radius 2 is 1.71 bits per heavy atom. The van der Waals surface area contributed by atoms with Crippen LogP contribution in [0, 0.1) is 28.6 Å². The lowest BCUT2D eigenvalue weighted by molar-refractivity contribution is -0.146. The van der Waals surface area contributed by atoms with Gasteiger partial charge in [0.2, 0.25) is 4.93 Å². The lowest BCUT2D eigenvalue weighted by atomic mass is 9.64. The van der Waals surface area contributed by atoms with E-state index in [0.29, 0.717) is 5.56 Å². The van der Waals surface area contributed by atoms with Gasteiger partial charge in [0.1, 0.15) is 5.75 Å². The molecular formula is C26H25F2NO5S. The maximum Gasteiger partial charge on any atom is 0.341 e. The summed E-state index contributed by atoms with van der Waals surface area (Å²) in [4.78, 5) is 9.85. The number of ether oxygens (including phenoxy) is 1. The number of allylic oxidation sites excluding steroid dienone is 2. The van der Waals surface area contributed by atoms with Crippen LogP contribution in [0.4, 0.5) is 8.78 Å². The Kier molecular flexibility index (Phi) is 7.46. The first-order chi connectivity index (χ1) is 16.5. The van der Waals surface area contributed by atoms with Gasteiger partial charge in [0, 0.05) is 5.92 Å². The summed E-state index contributed by atoms with van der Waals surface area (Å²) in [6.07, 6.45) is 3.36. The Hall–Kier alpha value is -3.51. The Morgan fingerprint density at radius 1 is 1.14 bits per heavy atom. The van der Waals surface area contributed by atoms with Crippen LogP contribution in [0.5, 0.6) is 5.75 Å². The Balaban J connectivity index is 2.36. The van der Waals surface area contributed by atoms with Crippen LogP contribution in [0.25, 0.3) is 0 Å². The van der Waals surface area contributed by atoms with Crippen molar-refractivity contribution in [2.24, 2.45) is 17.3 Å². The fraction of sp³-hybridized carbons (Fsp3) is 0.308. The van der Waals surface area contributed by atoms with Gasteiger partial charge >= 0.3 is 11.7 Å². The number of halogens is 2. The van der Waals surface area contributed by atoms with E-state index in [0.717, 1.165) is 6.08 Å². The van der Waals surface area contributed by atoms with Crippen molar-refractivity contribution in [2.75, 3.05) is 0 Å². The highest BCUT2D eigenvalue weighted by atomic mass is 32.2. The van der Waals surface area contributed by atoms with E-state index in [1.807, 2.05) is 6.07 Å². The Morgan fingerprint density at radius 3 is 2.20 bits per heavy atom. The van der Waals surface area contributed by atoms with E-state index < -0.39 is 43.7 Å². The molecule has 1 aliphatic rings. The molecule has 0 aromatic heterocycles. The highest BCUT2D eigenvalue weighted by Gasteiger charge is 2.61. The molecule has 1 N–H and O–H groups in total. The van der Waals surface area contributed by atoms with Crippen LogP contribution in [0.1, 0.15) is 19.4 Å². The molecule has 0 aliphatic heterocycles. The van der Waals surface area contributed by atoms with E-state index in [1.165, 1.54) is 38.1 Å². The number of nitriles is 1. The van der Waals surface area contributed by atoms with Crippen molar-refractivity contribution in [3.63, 3.8) is 0 Å². The molecule has 0 saturated carbocycles. The van der Waals surface area contributed by atoms with Gasteiger partial charge in [-0.05, 0) is 41.7 Å². The Labute approximate surface area is 203 Å². The number of para-hydroxylation sites is 1. The van der Waals surface area contributed by atoms with Gasteiger partial charge in [-0.25, -0.2) is 8.42 Å². The van der Waals surface area contributed by atoms with Crippen LogP contribution < -0.4 is 4.74 Å². The minimum atomic E-state index is -5.37. The van der Waals surface area contributed by atoms with Crippen LogP contribution in [-0.2, 0) is 21.1 Å². The third kappa shape index (κ3) is 4.46. The number of alkyl halides is 2. The van der Waals surface area contributed by atoms with Gasteiger partial charge in [0.15, 0.2) is 5.41 Å². The fourth-order valence-electron chi connectivity index (χ4n) is 4.46. The molecule has 3 atom stereocenters. The van der Waals surface area contributed by atoms with Gasteiger partial charge in [-0.1, -0.05) is 74.5 Å². The quantitative estimate of drug-likeness (QED) is 0.518. The highest BCUT2D eigenvalue weighted by molar-refractivity contribution is 7.93. The number of rotatable bonds is 9. The smallest absolute Gasteiger partial charge is 0.341 e. The second kappa shape index (κ2) is 10.0. The topological polar surface area (TPSA) is 104 Å². The molecule has 2 aromatic rings. The van der Waals surface area contributed by atoms with Gasteiger partial charge in [-0.3, -0.25) is 4.79 Å². The number of aliphatic carboxylic acids is 1. The maximum absolute atomic E-state index is 14.2. The van der Waals surface area contributed by atoms with Crippen LogP contribution in [0.2, 0.25) is 0 Å². The molecular weight excluding hydrogens is 476 g/mol. The number of sulfone groups is 1. The lowest BCUT2D eigenvalue weighted by Crippen LogP contribution is -2.56. The summed E-state index contributed by atoms with van der Waals surface area (Å²) in [6.45, 7) is 3.02. The monoisotopic (exact) mass is 501 g/mol. The first-order valence-electron chi connectivity index (χ1n) is 10.9. The molecule has 0 heterocycles. The van der Waals surface area contributed by atoms with Crippen LogP contribution in [-0.4, -0.2) is 30.2 Å². The zero-order valence-electron chi connectivity index (χ0n) is 19.1. The van der Waals surface area contributed by atoms with Crippen molar-refractivity contribution in [3.8, 4) is 11.8 Å². The van der Waals surface area contributed by atoms with Gasteiger partial charge in [-0.2, -0.15) is 14.0 Å². The third-order valence-corrected chi connectivity index (χ3v) is 8.15. The number of hydrogen-bond donors (Lipinski definition) is 1. The van der Waals surface area contributed by atoms with Crippen molar-refractivity contribution >= 4 is 15.8 Å². The van der Waals surface area contributed by atoms with Crippen molar-refractivity contribution in [3.05, 3.63) is 90.0 Å². The second-order valence-electron chi connectivity index (χ2n) is 8.55.